The number of hydrogen-bond donors (Lipinski definition) is 3. The van der Waals surface area contributed by atoms with Crippen LogP contribution in [0.5, 0.6) is 0 Å². The zero-order valence-electron chi connectivity index (χ0n) is 23.8. The minimum atomic E-state index is -1.31. The van der Waals surface area contributed by atoms with Crippen LogP contribution in [-0.4, -0.2) is 51.9 Å². The molecule has 2 aromatic carbocycles. The number of hydrazine groups is 1. The van der Waals surface area contributed by atoms with Gasteiger partial charge in [0.15, 0.2) is 0 Å². The normalized spacial score (nSPS) is 18.0. The molecule has 1 aliphatic rings. The number of alkyl carbamates (subject to hydrolysis) is 1. The molecule has 4 amide bonds. The van der Waals surface area contributed by atoms with Crippen molar-refractivity contribution in [3.8, 4) is 0 Å². The topological polar surface area (TPSA) is 130 Å². The van der Waals surface area contributed by atoms with Crippen molar-refractivity contribution < 1.29 is 23.9 Å². The molecule has 1 aromatic heterocycles. The van der Waals surface area contributed by atoms with Gasteiger partial charge in [0, 0.05) is 35.2 Å². The zero-order chi connectivity index (χ0) is 29.8. The average Bonchev–Trinajstić information content (AvgIpc) is 3.32. The minimum absolute atomic E-state index is 0.192. The molecular formula is C30H35N5O5S. The van der Waals surface area contributed by atoms with Crippen LogP contribution in [0, 0.1) is 6.92 Å². The van der Waals surface area contributed by atoms with Gasteiger partial charge < -0.3 is 15.0 Å². The number of hydrogen-bond acceptors (Lipinski definition) is 7. The Labute approximate surface area is 243 Å². The third kappa shape index (κ3) is 7.10. The molecule has 0 unspecified atom stereocenters. The quantitative estimate of drug-likeness (QED) is 0.359. The summed E-state index contributed by atoms with van der Waals surface area (Å²) < 4.78 is 5.44. The lowest BCUT2D eigenvalue weighted by molar-refractivity contribution is -0.133. The van der Waals surface area contributed by atoms with Crippen molar-refractivity contribution in [2.24, 2.45) is 0 Å². The molecule has 0 aliphatic heterocycles. The molecule has 1 aliphatic carbocycles. The van der Waals surface area contributed by atoms with Crippen molar-refractivity contribution >= 4 is 35.2 Å². The monoisotopic (exact) mass is 577 g/mol. The predicted octanol–water partition coefficient (Wildman–Crippen LogP) is 4.33. The van der Waals surface area contributed by atoms with Crippen LogP contribution in [0.4, 0.5) is 4.79 Å². The van der Waals surface area contributed by atoms with E-state index in [2.05, 4.69) is 21.2 Å². The second-order valence-electron chi connectivity index (χ2n) is 11.1. The fourth-order valence-corrected chi connectivity index (χ4v) is 5.56. The first kappa shape index (κ1) is 29.7. The number of thiazole rings is 1. The van der Waals surface area contributed by atoms with Gasteiger partial charge in [0.2, 0.25) is 0 Å². The summed E-state index contributed by atoms with van der Waals surface area (Å²) >= 11 is 1.48. The first-order valence-corrected chi connectivity index (χ1v) is 14.2. The Morgan fingerprint density at radius 2 is 1.76 bits per heavy atom. The Kier molecular flexibility index (Phi) is 8.77. The summed E-state index contributed by atoms with van der Waals surface area (Å²) in [6.07, 6.45) is 0.310. The van der Waals surface area contributed by atoms with Crippen LogP contribution in [0.3, 0.4) is 0 Å². The highest BCUT2D eigenvalue weighted by atomic mass is 32.1. The van der Waals surface area contributed by atoms with Crippen LogP contribution >= 0.6 is 11.3 Å². The summed E-state index contributed by atoms with van der Waals surface area (Å²) in [4.78, 5) is 58.2. The molecular weight excluding hydrogens is 542 g/mol. The number of carbonyl (C=O) groups excluding carboxylic acids is 4. The number of amides is 4. The minimum Gasteiger partial charge on any atom is -0.444 e. The summed E-state index contributed by atoms with van der Waals surface area (Å²) in [7, 11) is 1.67. The Hall–Kier alpha value is -4.25. The van der Waals surface area contributed by atoms with E-state index in [-0.39, 0.29) is 17.4 Å². The first-order chi connectivity index (χ1) is 19.4. The molecule has 3 aromatic rings. The molecule has 0 bridgehead atoms. The van der Waals surface area contributed by atoms with Gasteiger partial charge in [-0.15, -0.1) is 11.3 Å². The van der Waals surface area contributed by atoms with Gasteiger partial charge >= 0.3 is 6.09 Å². The number of benzene rings is 2. The molecule has 0 spiro atoms. The van der Waals surface area contributed by atoms with Crippen molar-refractivity contribution in [2.75, 3.05) is 7.05 Å². The van der Waals surface area contributed by atoms with E-state index in [0.717, 1.165) is 16.3 Å². The van der Waals surface area contributed by atoms with E-state index in [9.17, 15) is 19.2 Å². The first-order valence-electron chi connectivity index (χ1n) is 13.3. The molecule has 0 radical (unpaired) electrons. The Balaban J connectivity index is 1.45. The maximum Gasteiger partial charge on any atom is 0.408 e. The Morgan fingerprint density at radius 3 is 2.37 bits per heavy atom. The SMILES string of the molecule is Cc1csc(CN(C)C(=O)c2cccc(C(=O)NNC(=O)[C@@]3(NC(=O)OC(C)(C)C)CC[C@@H]3c3ccccc3)c2)n1. The van der Waals surface area contributed by atoms with Crippen LogP contribution in [0.15, 0.2) is 60.0 Å². The third-order valence-electron chi connectivity index (χ3n) is 6.80. The molecule has 4 rings (SSSR count). The maximum atomic E-state index is 13.5. The van der Waals surface area contributed by atoms with Crippen LogP contribution in [0.25, 0.3) is 0 Å². The fourth-order valence-electron chi connectivity index (χ4n) is 4.74. The molecule has 1 heterocycles. The van der Waals surface area contributed by atoms with Crippen LogP contribution < -0.4 is 16.2 Å². The molecule has 1 saturated carbocycles. The molecule has 3 N–H and O–H groups in total. The van der Waals surface area contributed by atoms with E-state index in [1.165, 1.54) is 22.3 Å². The number of ether oxygens (including phenoxy) is 1. The fraction of sp³-hybridized carbons (Fsp3) is 0.367. The number of carbonyl (C=O) groups is 4. The molecule has 41 heavy (non-hydrogen) atoms. The van der Waals surface area contributed by atoms with Gasteiger partial charge in [-0.25, -0.2) is 9.78 Å². The number of rotatable bonds is 7. The van der Waals surface area contributed by atoms with Gasteiger partial charge in [-0.1, -0.05) is 36.4 Å². The van der Waals surface area contributed by atoms with Gasteiger partial charge in [-0.05, 0) is 64.3 Å². The maximum absolute atomic E-state index is 13.5. The van der Waals surface area contributed by atoms with E-state index in [4.69, 9.17) is 4.74 Å². The average molecular weight is 578 g/mol. The largest absolute Gasteiger partial charge is 0.444 e. The van der Waals surface area contributed by atoms with Gasteiger partial charge in [0.1, 0.15) is 16.1 Å². The van der Waals surface area contributed by atoms with E-state index in [1.807, 2.05) is 42.6 Å². The van der Waals surface area contributed by atoms with Crippen LogP contribution in [0.1, 0.15) is 76.5 Å². The lowest BCUT2D eigenvalue weighted by Crippen LogP contribution is -2.69. The molecule has 216 valence electrons. The van der Waals surface area contributed by atoms with E-state index < -0.39 is 29.0 Å². The number of aryl methyl sites for hydroxylation is 1. The van der Waals surface area contributed by atoms with E-state index >= 15 is 0 Å². The van der Waals surface area contributed by atoms with Crippen LogP contribution in [0.2, 0.25) is 0 Å². The summed E-state index contributed by atoms with van der Waals surface area (Å²) in [6.45, 7) is 7.47. The molecule has 0 saturated heterocycles. The van der Waals surface area contributed by atoms with Crippen LogP contribution in [-0.2, 0) is 16.1 Å². The molecule has 1 fully saturated rings. The summed E-state index contributed by atoms with van der Waals surface area (Å²) in [5.74, 6) is -1.75. The standard InChI is InChI=1S/C30H35N5O5S/c1-19-18-41-24(31-19)17-35(5)26(37)22-13-9-12-21(16-22)25(36)33-34-27(38)30(32-28(39)40-29(2,3)4)15-14-23(30)20-10-7-6-8-11-20/h6-13,16,18,23H,14-15,17H2,1-5H3,(H,32,39)(H,33,36)(H,34,38)/t23-,30-/m1/s1. The molecule has 2 atom stereocenters. The lowest BCUT2D eigenvalue weighted by Gasteiger charge is -2.48. The molecule has 11 heteroatoms. The second-order valence-corrected chi connectivity index (χ2v) is 12.1. The van der Waals surface area contributed by atoms with E-state index in [0.29, 0.717) is 24.9 Å². The summed E-state index contributed by atoms with van der Waals surface area (Å²) in [5.41, 5.74) is 5.16. The van der Waals surface area contributed by atoms with Gasteiger partial charge in [-0.2, -0.15) is 0 Å². The zero-order valence-corrected chi connectivity index (χ0v) is 24.6. The Bertz CT molecular complexity index is 1430. The lowest BCUT2D eigenvalue weighted by atomic mass is 9.63. The van der Waals surface area contributed by atoms with Gasteiger partial charge in [0.05, 0.1) is 6.54 Å². The predicted molar refractivity (Wildman–Crippen MR) is 155 cm³/mol. The summed E-state index contributed by atoms with van der Waals surface area (Å²) in [5, 5.41) is 5.51. The number of nitrogens with one attached hydrogen (secondary N) is 3. The van der Waals surface area contributed by atoms with Gasteiger partial charge in [-0.3, -0.25) is 25.2 Å². The molecule has 10 nitrogen and oxygen atoms in total. The van der Waals surface area contributed by atoms with Crippen molar-refractivity contribution in [2.45, 2.75) is 64.1 Å². The highest BCUT2D eigenvalue weighted by Gasteiger charge is 2.55. The third-order valence-corrected chi connectivity index (χ3v) is 7.75. The number of nitrogens with zero attached hydrogens (tertiary/aromatic N) is 2. The van der Waals surface area contributed by atoms with Crippen molar-refractivity contribution in [1.82, 2.24) is 26.1 Å². The van der Waals surface area contributed by atoms with Gasteiger partial charge in [0.25, 0.3) is 17.7 Å². The summed E-state index contributed by atoms with van der Waals surface area (Å²) in [6, 6.07) is 15.7. The van der Waals surface area contributed by atoms with Crippen molar-refractivity contribution in [3.63, 3.8) is 0 Å². The highest BCUT2D eigenvalue weighted by Crippen LogP contribution is 2.46. The van der Waals surface area contributed by atoms with Crippen molar-refractivity contribution in [1.29, 1.82) is 0 Å². The second kappa shape index (κ2) is 12.1. The van der Waals surface area contributed by atoms with Crippen molar-refractivity contribution in [3.05, 3.63) is 87.4 Å². The number of aromatic nitrogens is 1. The highest BCUT2D eigenvalue weighted by molar-refractivity contribution is 7.09. The smallest absolute Gasteiger partial charge is 0.408 e. The Morgan fingerprint density at radius 1 is 1.05 bits per heavy atom. The van der Waals surface area contributed by atoms with E-state index in [1.54, 1.807) is 46.0 Å².